The normalized spacial score (nSPS) is 28.8. The lowest BCUT2D eigenvalue weighted by Crippen LogP contribution is -2.73. The Bertz CT molecular complexity index is 1390. The van der Waals surface area contributed by atoms with E-state index in [2.05, 4.69) is 24.1 Å². The summed E-state index contributed by atoms with van der Waals surface area (Å²) in [5.74, 6) is 0.876. The number of carbonyl (C=O) groups is 1. The van der Waals surface area contributed by atoms with Crippen LogP contribution in [0, 0.1) is 12.8 Å². The highest BCUT2D eigenvalue weighted by molar-refractivity contribution is 5.98. The van der Waals surface area contributed by atoms with Crippen LogP contribution in [0.25, 0.3) is 10.8 Å². The molecule has 0 bridgehead atoms. The monoisotopic (exact) mass is 514 g/mol. The number of carbonyl (C=O) groups excluding carboxylic acids is 1. The topological polar surface area (TPSA) is 82.0 Å². The molecule has 1 unspecified atom stereocenters. The summed E-state index contributed by atoms with van der Waals surface area (Å²) in [6, 6.07) is 17.0. The molecule has 6 nitrogen and oxygen atoms in total. The molecule has 6 heteroatoms. The van der Waals surface area contributed by atoms with Crippen LogP contribution in [0.5, 0.6) is 11.5 Å². The zero-order chi connectivity index (χ0) is 26.7. The van der Waals surface area contributed by atoms with Gasteiger partial charge in [-0.1, -0.05) is 49.7 Å². The number of amides is 1. The lowest BCUT2D eigenvalue weighted by molar-refractivity contribution is -0.162. The number of aliphatic hydroxyl groups is 1. The van der Waals surface area contributed by atoms with Crippen LogP contribution in [-0.2, 0) is 5.41 Å². The summed E-state index contributed by atoms with van der Waals surface area (Å²) in [6.45, 7) is 8.00. The van der Waals surface area contributed by atoms with Gasteiger partial charge in [0, 0.05) is 23.7 Å². The molecule has 1 saturated carbocycles. The van der Waals surface area contributed by atoms with Crippen molar-refractivity contribution in [3.63, 3.8) is 0 Å². The van der Waals surface area contributed by atoms with Crippen molar-refractivity contribution in [1.29, 1.82) is 0 Å². The number of aryl methyl sites for hydroxylation is 1. The molecule has 0 radical (unpaired) electrons. The van der Waals surface area contributed by atoms with E-state index < -0.39 is 17.2 Å². The van der Waals surface area contributed by atoms with Crippen LogP contribution < -0.4 is 10.1 Å². The highest BCUT2D eigenvalue weighted by atomic mass is 16.5. The van der Waals surface area contributed by atoms with Gasteiger partial charge in [0.25, 0.3) is 5.91 Å². The summed E-state index contributed by atoms with van der Waals surface area (Å²) in [4.78, 5) is 16.1. The summed E-state index contributed by atoms with van der Waals surface area (Å²) >= 11 is 0. The number of nitrogens with one attached hydrogen (secondary N) is 1. The highest BCUT2D eigenvalue weighted by Crippen LogP contribution is 2.59. The number of phenolic OH excluding ortho intramolecular Hbond substituents is 1. The van der Waals surface area contributed by atoms with Crippen LogP contribution in [0.2, 0.25) is 0 Å². The lowest BCUT2D eigenvalue weighted by Gasteiger charge is -2.57. The fourth-order valence-electron chi connectivity index (χ4n) is 7.18. The minimum Gasteiger partial charge on any atom is -0.504 e. The molecule has 1 spiro atoms. The average molecular weight is 515 g/mol. The van der Waals surface area contributed by atoms with Gasteiger partial charge in [-0.2, -0.15) is 0 Å². The Balaban J connectivity index is 1.43. The van der Waals surface area contributed by atoms with Crippen molar-refractivity contribution in [2.45, 2.75) is 76.2 Å². The number of hydrogen-bond acceptors (Lipinski definition) is 5. The first-order valence-corrected chi connectivity index (χ1v) is 14.0. The molecule has 38 heavy (non-hydrogen) atoms. The largest absolute Gasteiger partial charge is 0.504 e. The van der Waals surface area contributed by atoms with Crippen molar-refractivity contribution in [2.75, 3.05) is 13.1 Å². The van der Waals surface area contributed by atoms with Crippen molar-refractivity contribution in [3.05, 3.63) is 71.3 Å². The van der Waals surface area contributed by atoms with Crippen LogP contribution in [0.15, 0.2) is 54.6 Å². The molecule has 0 aromatic heterocycles. The van der Waals surface area contributed by atoms with Crippen molar-refractivity contribution >= 4 is 16.7 Å². The fraction of sp³-hybridized carbons (Fsp3) is 0.469. The SMILES string of the molecule is CCC[C@@]1(O)C(C)N(CC2CC2)CC[C@@]12c1c(C)ccc(O)c1O[C@H]2NC(=O)c1ccc2ccccc2c1. The number of nitrogens with zero attached hydrogens (tertiary/aromatic N) is 1. The van der Waals surface area contributed by atoms with Crippen LogP contribution in [0.4, 0.5) is 0 Å². The molecule has 3 N–H and O–H groups in total. The van der Waals surface area contributed by atoms with Crippen molar-refractivity contribution in [1.82, 2.24) is 10.2 Å². The van der Waals surface area contributed by atoms with E-state index in [0.717, 1.165) is 41.4 Å². The van der Waals surface area contributed by atoms with Gasteiger partial charge in [-0.05, 0) is 86.5 Å². The molecule has 3 aliphatic rings. The first kappa shape index (κ1) is 25.2. The molecule has 1 amide bonds. The van der Waals surface area contributed by atoms with E-state index in [1.54, 1.807) is 6.07 Å². The van der Waals surface area contributed by atoms with Crippen LogP contribution in [-0.4, -0.2) is 52.0 Å². The standard InChI is InChI=1S/C32H38N2O4/c1-4-15-32(37)21(3)34(19-22-10-11-22)17-16-31(32)27-20(2)9-14-26(35)28(27)38-30(31)33-29(36)25-13-12-23-7-5-6-8-24(23)18-25/h5-9,12-14,18,21-22,30,35,37H,4,10-11,15-17,19H2,1-3H3,(H,33,36)/t21?,30-,31+,32-/m1/s1. The van der Waals surface area contributed by atoms with Crippen LogP contribution in [0.1, 0.15) is 67.4 Å². The number of phenols is 1. The maximum absolute atomic E-state index is 13.7. The zero-order valence-corrected chi connectivity index (χ0v) is 22.5. The van der Waals surface area contributed by atoms with Gasteiger partial charge >= 0.3 is 0 Å². The van der Waals surface area contributed by atoms with Gasteiger partial charge in [0.1, 0.15) is 0 Å². The Hall–Kier alpha value is -3.09. The van der Waals surface area contributed by atoms with Crippen LogP contribution >= 0.6 is 0 Å². The van der Waals surface area contributed by atoms with E-state index in [1.807, 2.05) is 55.5 Å². The molecule has 2 aliphatic heterocycles. The molecule has 4 atom stereocenters. The third kappa shape index (κ3) is 3.80. The number of rotatable bonds is 6. The number of likely N-dealkylation sites (tertiary alicyclic amines) is 1. The Morgan fingerprint density at radius 3 is 2.63 bits per heavy atom. The van der Waals surface area contributed by atoms with Gasteiger partial charge in [-0.15, -0.1) is 0 Å². The molecule has 1 aliphatic carbocycles. The molecule has 2 heterocycles. The Kier molecular flexibility index (Phi) is 6.15. The van der Waals surface area contributed by atoms with Gasteiger partial charge in [0.05, 0.1) is 11.0 Å². The number of piperidine rings is 1. The smallest absolute Gasteiger partial charge is 0.254 e. The van der Waals surface area contributed by atoms with E-state index >= 15 is 0 Å². The maximum atomic E-state index is 13.7. The zero-order valence-electron chi connectivity index (χ0n) is 22.5. The molecular weight excluding hydrogens is 476 g/mol. The van der Waals surface area contributed by atoms with Crippen molar-refractivity contribution in [3.8, 4) is 11.5 Å². The van der Waals surface area contributed by atoms with Gasteiger partial charge in [0.15, 0.2) is 17.7 Å². The molecule has 2 fully saturated rings. The lowest BCUT2D eigenvalue weighted by atomic mass is 9.57. The third-order valence-corrected chi connectivity index (χ3v) is 9.37. The summed E-state index contributed by atoms with van der Waals surface area (Å²) < 4.78 is 6.45. The van der Waals surface area contributed by atoms with Gasteiger partial charge in [-0.3, -0.25) is 9.69 Å². The van der Waals surface area contributed by atoms with Crippen LogP contribution in [0.3, 0.4) is 0 Å². The second-order valence-corrected chi connectivity index (χ2v) is 11.6. The van der Waals surface area contributed by atoms with E-state index in [4.69, 9.17) is 4.74 Å². The molecule has 3 aromatic carbocycles. The Labute approximate surface area is 224 Å². The third-order valence-electron chi connectivity index (χ3n) is 9.37. The summed E-state index contributed by atoms with van der Waals surface area (Å²) in [7, 11) is 0. The fourth-order valence-corrected chi connectivity index (χ4v) is 7.18. The van der Waals surface area contributed by atoms with Gasteiger partial charge in [-0.25, -0.2) is 0 Å². The second kappa shape index (κ2) is 9.28. The van der Waals surface area contributed by atoms with E-state index in [-0.39, 0.29) is 17.7 Å². The molecular formula is C32H38N2O4. The minimum atomic E-state index is -1.17. The second-order valence-electron chi connectivity index (χ2n) is 11.6. The Morgan fingerprint density at radius 1 is 1.13 bits per heavy atom. The number of ether oxygens (including phenoxy) is 1. The number of aromatic hydroxyl groups is 1. The van der Waals surface area contributed by atoms with Gasteiger partial charge < -0.3 is 20.3 Å². The first-order chi connectivity index (χ1) is 18.3. The number of hydrogen-bond donors (Lipinski definition) is 3. The maximum Gasteiger partial charge on any atom is 0.254 e. The number of fused-ring (bicyclic) bond motifs is 3. The number of benzene rings is 3. The van der Waals surface area contributed by atoms with E-state index in [9.17, 15) is 15.0 Å². The molecule has 200 valence electrons. The van der Waals surface area contributed by atoms with E-state index in [0.29, 0.717) is 30.1 Å². The molecule has 1 saturated heterocycles. The minimum absolute atomic E-state index is 0.0411. The average Bonchev–Trinajstić information content (AvgIpc) is 3.67. The summed E-state index contributed by atoms with van der Waals surface area (Å²) in [5.41, 5.74) is 0.262. The first-order valence-electron chi connectivity index (χ1n) is 14.0. The highest BCUT2D eigenvalue weighted by Gasteiger charge is 2.67. The molecule has 6 rings (SSSR count). The summed E-state index contributed by atoms with van der Waals surface area (Å²) in [5, 5.41) is 28.9. The molecule has 3 aromatic rings. The predicted molar refractivity (Wildman–Crippen MR) is 149 cm³/mol. The van der Waals surface area contributed by atoms with Crippen molar-refractivity contribution < 1.29 is 19.7 Å². The Morgan fingerprint density at radius 2 is 1.89 bits per heavy atom. The van der Waals surface area contributed by atoms with E-state index in [1.165, 1.54) is 12.8 Å². The quantitative estimate of drug-likeness (QED) is 0.417. The predicted octanol–water partition coefficient (Wildman–Crippen LogP) is 5.28. The van der Waals surface area contributed by atoms with Gasteiger partial charge in [0.2, 0.25) is 0 Å². The van der Waals surface area contributed by atoms with Crippen molar-refractivity contribution in [2.24, 2.45) is 5.92 Å². The summed E-state index contributed by atoms with van der Waals surface area (Å²) in [6.07, 6.45) is 3.67.